The number of hydrogen-bond donors (Lipinski definition) is 1. The van der Waals surface area contributed by atoms with Crippen LogP contribution in [-0.4, -0.2) is 5.11 Å². The van der Waals surface area contributed by atoms with Crippen LogP contribution in [0.25, 0.3) is 10.1 Å². The van der Waals surface area contributed by atoms with Gasteiger partial charge in [0.05, 0.1) is 11.6 Å². The third-order valence-corrected chi connectivity index (χ3v) is 5.06. The SMILES string of the molecule is OCc1cc2ccc(Cl)c(I)c2s1. The molecule has 0 radical (unpaired) electrons. The summed E-state index contributed by atoms with van der Waals surface area (Å²) < 4.78 is 2.23. The molecule has 0 spiro atoms. The van der Waals surface area contributed by atoms with Crippen molar-refractivity contribution in [2.75, 3.05) is 0 Å². The second-order valence-corrected chi connectivity index (χ2v) is 5.27. The van der Waals surface area contributed by atoms with Crippen LogP contribution < -0.4 is 0 Å². The molecule has 1 N–H and O–H groups in total. The number of aliphatic hydroxyl groups is 1. The fourth-order valence-electron chi connectivity index (χ4n) is 1.18. The molecule has 0 aliphatic rings. The second kappa shape index (κ2) is 3.73. The topological polar surface area (TPSA) is 20.2 Å². The number of rotatable bonds is 1. The molecule has 0 aliphatic heterocycles. The number of fused-ring (bicyclic) bond motifs is 1. The zero-order valence-corrected chi connectivity index (χ0v) is 10.3. The van der Waals surface area contributed by atoms with E-state index in [2.05, 4.69) is 22.6 Å². The van der Waals surface area contributed by atoms with Crippen molar-refractivity contribution < 1.29 is 5.11 Å². The summed E-state index contributed by atoms with van der Waals surface area (Å²) in [6.07, 6.45) is 0. The van der Waals surface area contributed by atoms with Crippen LogP contribution in [0.5, 0.6) is 0 Å². The number of hydrogen-bond acceptors (Lipinski definition) is 2. The fraction of sp³-hybridized carbons (Fsp3) is 0.111. The van der Waals surface area contributed by atoms with Crippen LogP contribution in [0.1, 0.15) is 4.88 Å². The molecule has 4 heteroatoms. The maximum Gasteiger partial charge on any atom is 0.0774 e. The molecule has 0 atom stereocenters. The first-order chi connectivity index (χ1) is 6.22. The monoisotopic (exact) mass is 324 g/mol. The van der Waals surface area contributed by atoms with Crippen LogP contribution >= 0.6 is 45.5 Å². The number of aliphatic hydroxyl groups excluding tert-OH is 1. The fourth-order valence-corrected chi connectivity index (χ4v) is 3.17. The van der Waals surface area contributed by atoms with Crippen LogP contribution in [0.2, 0.25) is 5.02 Å². The first kappa shape index (κ1) is 9.71. The average Bonchev–Trinajstić information content (AvgIpc) is 2.55. The number of thiophene rings is 1. The zero-order valence-electron chi connectivity index (χ0n) is 6.55. The van der Waals surface area contributed by atoms with E-state index in [1.807, 2.05) is 18.2 Å². The lowest BCUT2D eigenvalue weighted by Crippen LogP contribution is -1.72. The summed E-state index contributed by atoms with van der Waals surface area (Å²) in [6, 6.07) is 5.87. The van der Waals surface area contributed by atoms with E-state index < -0.39 is 0 Å². The molecule has 13 heavy (non-hydrogen) atoms. The molecule has 2 rings (SSSR count). The quantitative estimate of drug-likeness (QED) is 0.794. The molecule has 0 amide bonds. The Morgan fingerprint density at radius 2 is 2.23 bits per heavy atom. The zero-order chi connectivity index (χ0) is 9.42. The van der Waals surface area contributed by atoms with E-state index in [0.29, 0.717) is 0 Å². The molecule has 0 unspecified atom stereocenters. The largest absolute Gasteiger partial charge is 0.391 e. The molecule has 2 aromatic rings. The molecule has 1 aromatic heterocycles. The van der Waals surface area contributed by atoms with Gasteiger partial charge in [-0.15, -0.1) is 11.3 Å². The van der Waals surface area contributed by atoms with Crippen LogP contribution in [0.3, 0.4) is 0 Å². The van der Waals surface area contributed by atoms with Gasteiger partial charge in [0.25, 0.3) is 0 Å². The van der Waals surface area contributed by atoms with E-state index in [-0.39, 0.29) is 6.61 Å². The van der Waals surface area contributed by atoms with Crippen LogP contribution in [0.15, 0.2) is 18.2 Å². The van der Waals surface area contributed by atoms with Crippen LogP contribution in [0, 0.1) is 3.57 Å². The summed E-state index contributed by atoms with van der Waals surface area (Å²) in [4.78, 5) is 0.982. The minimum Gasteiger partial charge on any atom is -0.391 e. The molecule has 0 saturated carbocycles. The smallest absolute Gasteiger partial charge is 0.0774 e. The number of halogens is 2. The van der Waals surface area contributed by atoms with Crippen molar-refractivity contribution in [1.29, 1.82) is 0 Å². The van der Waals surface area contributed by atoms with Crippen LogP contribution in [-0.2, 0) is 6.61 Å². The lowest BCUT2D eigenvalue weighted by molar-refractivity contribution is 0.285. The van der Waals surface area contributed by atoms with Gasteiger partial charge >= 0.3 is 0 Å². The molecule has 1 heterocycles. The Kier molecular flexibility index (Phi) is 2.78. The summed E-state index contributed by atoms with van der Waals surface area (Å²) in [5.41, 5.74) is 0. The van der Waals surface area contributed by atoms with Gasteiger partial charge in [0.1, 0.15) is 0 Å². The van der Waals surface area contributed by atoms with E-state index >= 15 is 0 Å². The highest BCUT2D eigenvalue weighted by Gasteiger charge is 2.06. The Balaban J connectivity index is 2.76. The van der Waals surface area contributed by atoms with E-state index in [9.17, 15) is 0 Å². The van der Waals surface area contributed by atoms with Gasteiger partial charge in [-0.2, -0.15) is 0 Å². The maximum atomic E-state index is 8.97. The standard InChI is InChI=1S/C9H6ClIOS/c10-7-2-1-5-3-6(4-12)13-9(5)8(7)11/h1-3,12H,4H2. The summed E-state index contributed by atoms with van der Waals surface area (Å²) in [5.74, 6) is 0. The number of benzene rings is 1. The molecule has 1 aromatic carbocycles. The van der Waals surface area contributed by atoms with Crippen LogP contribution in [0.4, 0.5) is 0 Å². The molecule has 68 valence electrons. The predicted octanol–water partition coefficient (Wildman–Crippen LogP) is 3.65. The molecule has 0 aliphatic carbocycles. The van der Waals surface area contributed by atoms with Crippen molar-refractivity contribution in [3.8, 4) is 0 Å². The Hall–Kier alpha value is 0.160. The van der Waals surface area contributed by atoms with E-state index in [0.717, 1.165) is 23.6 Å². The third kappa shape index (κ3) is 1.70. The van der Waals surface area contributed by atoms with Crippen molar-refractivity contribution in [2.45, 2.75) is 6.61 Å². The molecule has 0 fully saturated rings. The second-order valence-electron chi connectivity index (χ2n) is 2.65. The highest BCUT2D eigenvalue weighted by atomic mass is 127. The van der Waals surface area contributed by atoms with E-state index in [1.54, 1.807) is 11.3 Å². The highest BCUT2D eigenvalue weighted by Crippen LogP contribution is 2.33. The van der Waals surface area contributed by atoms with Crippen molar-refractivity contribution in [3.63, 3.8) is 0 Å². The van der Waals surface area contributed by atoms with E-state index in [4.69, 9.17) is 16.7 Å². The summed E-state index contributed by atoms with van der Waals surface area (Å²) in [5, 5.41) is 10.9. The summed E-state index contributed by atoms with van der Waals surface area (Å²) >= 11 is 9.80. The Morgan fingerprint density at radius 3 is 2.92 bits per heavy atom. The van der Waals surface area contributed by atoms with Crippen molar-refractivity contribution in [2.24, 2.45) is 0 Å². The molecule has 1 nitrogen and oxygen atoms in total. The Morgan fingerprint density at radius 1 is 1.46 bits per heavy atom. The third-order valence-electron chi connectivity index (χ3n) is 1.79. The van der Waals surface area contributed by atoms with E-state index in [1.165, 1.54) is 0 Å². The average molecular weight is 325 g/mol. The van der Waals surface area contributed by atoms with Gasteiger partial charge in [-0.1, -0.05) is 17.7 Å². The van der Waals surface area contributed by atoms with Gasteiger partial charge in [0.15, 0.2) is 0 Å². The lowest BCUT2D eigenvalue weighted by Gasteiger charge is -1.95. The molecule has 0 bridgehead atoms. The highest BCUT2D eigenvalue weighted by molar-refractivity contribution is 14.1. The predicted molar refractivity (Wildman–Crippen MR) is 65.5 cm³/mol. The maximum absolute atomic E-state index is 8.97. The van der Waals surface area contributed by atoms with Gasteiger partial charge in [-0.3, -0.25) is 0 Å². The van der Waals surface area contributed by atoms with Gasteiger partial charge in [-0.05, 0) is 40.1 Å². The molecular formula is C9H6ClIOS. The van der Waals surface area contributed by atoms with Gasteiger partial charge in [0, 0.05) is 13.1 Å². The van der Waals surface area contributed by atoms with Crippen molar-refractivity contribution in [1.82, 2.24) is 0 Å². The van der Waals surface area contributed by atoms with Gasteiger partial charge < -0.3 is 5.11 Å². The first-order valence-electron chi connectivity index (χ1n) is 3.69. The van der Waals surface area contributed by atoms with Crippen molar-refractivity contribution >= 4 is 55.6 Å². The Labute approximate surface area is 98.5 Å². The summed E-state index contributed by atoms with van der Waals surface area (Å²) in [6.45, 7) is 0.104. The minimum absolute atomic E-state index is 0.104. The summed E-state index contributed by atoms with van der Waals surface area (Å²) in [7, 11) is 0. The van der Waals surface area contributed by atoms with Crippen molar-refractivity contribution in [3.05, 3.63) is 31.7 Å². The lowest BCUT2D eigenvalue weighted by atomic mass is 10.2. The van der Waals surface area contributed by atoms with Gasteiger partial charge in [0.2, 0.25) is 0 Å². The van der Waals surface area contributed by atoms with Gasteiger partial charge in [-0.25, -0.2) is 0 Å². The normalized spacial score (nSPS) is 11.0. The first-order valence-corrected chi connectivity index (χ1v) is 5.97. The molecular weight excluding hydrogens is 319 g/mol. The molecule has 0 saturated heterocycles. The minimum atomic E-state index is 0.104. The Bertz CT molecular complexity index is 452.